The lowest BCUT2D eigenvalue weighted by molar-refractivity contribution is -0.140. The summed E-state index contributed by atoms with van der Waals surface area (Å²) in [5.74, 6) is -1.43. The third kappa shape index (κ3) is 4.11. The zero-order valence-corrected chi connectivity index (χ0v) is 16.8. The van der Waals surface area contributed by atoms with E-state index in [1.165, 1.54) is 18.1 Å². The normalized spacial score (nSPS) is 18.3. The predicted molar refractivity (Wildman–Crippen MR) is 108 cm³/mol. The van der Waals surface area contributed by atoms with Crippen LogP contribution < -0.4 is 4.74 Å². The maximum absolute atomic E-state index is 12.9. The summed E-state index contributed by atoms with van der Waals surface area (Å²) in [5.41, 5.74) is 0.896. The Balaban J connectivity index is 2.16. The Labute approximate surface area is 173 Å². The number of pyridine rings is 1. The Morgan fingerprint density at radius 2 is 1.93 bits per heavy atom. The second kappa shape index (κ2) is 9.07. The van der Waals surface area contributed by atoms with E-state index in [1.54, 1.807) is 43.8 Å². The minimum Gasteiger partial charge on any atom is -0.507 e. The molecule has 1 saturated heterocycles. The zero-order valence-electron chi connectivity index (χ0n) is 16.1. The molecule has 1 amide bonds. The second-order valence-electron chi connectivity index (χ2n) is 6.46. The van der Waals surface area contributed by atoms with E-state index in [-0.39, 0.29) is 16.9 Å². The molecule has 0 saturated carbocycles. The number of benzene rings is 1. The largest absolute Gasteiger partial charge is 0.507 e. The monoisotopic (exact) mass is 416 g/mol. The molecule has 0 radical (unpaired) electrons. The molecule has 152 valence electrons. The van der Waals surface area contributed by atoms with Gasteiger partial charge >= 0.3 is 0 Å². The number of amides is 1. The molecule has 1 aliphatic heterocycles. The molecular weight excluding hydrogens is 396 g/mol. The molecule has 1 aromatic carbocycles. The molecule has 0 aliphatic carbocycles. The number of ether oxygens (including phenoxy) is 2. The zero-order chi connectivity index (χ0) is 21.0. The van der Waals surface area contributed by atoms with E-state index < -0.39 is 17.7 Å². The van der Waals surface area contributed by atoms with Crippen molar-refractivity contribution in [2.24, 2.45) is 0 Å². The van der Waals surface area contributed by atoms with Gasteiger partial charge in [-0.05, 0) is 42.3 Å². The van der Waals surface area contributed by atoms with Crippen LogP contribution in [0.3, 0.4) is 0 Å². The molecule has 1 fully saturated rings. The van der Waals surface area contributed by atoms with Crippen LogP contribution in [-0.4, -0.2) is 54.1 Å². The lowest BCUT2D eigenvalue weighted by atomic mass is 9.95. The highest BCUT2D eigenvalue weighted by atomic mass is 35.5. The van der Waals surface area contributed by atoms with Crippen LogP contribution >= 0.6 is 11.6 Å². The molecule has 1 unspecified atom stereocenters. The quantitative estimate of drug-likeness (QED) is 0.322. The molecule has 2 heterocycles. The van der Waals surface area contributed by atoms with Gasteiger partial charge in [-0.2, -0.15) is 0 Å². The summed E-state index contributed by atoms with van der Waals surface area (Å²) in [6.07, 6.45) is 3.70. The highest BCUT2D eigenvalue weighted by Gasteiger charge is 2.46. The first-order valence-corrected chi connectivity index (χ1v) is 9.38. The van der Waals surface area contributed by atoms with E-state index in [4.69, 9.17) is 21.1 Å². The van der Waals surface area contributed by atoms with Crippen LogP contribution in [0.25, 0.3) is 5.76 Å². The van der Waals surface area contributed by atoms with Crippen LogP contribution in [0, 0.1) is 0 Å². The van der Waals surface area contributed by atoms with E-state index in [9.17, 15) is 14.7 Å². The van der Waals surface area contributed by atoms with Crippen molar-refractivity contribution >= 4 is 29.1 Å². The second-order valence-corrected chi connectivity index (χ2v) is 6.90. The van der Waals surface area contributed by atoms with Gasteiger partial charge in [0.2, 0.25) is 0 Å². The van der Waals surface area contributed by atoms with Gasteiger partial charge in [-0.3, -0.25) is 14.6 Å². The summed E-state index contributed by atoms with van der Waals surface area (Å²) >= 11 is 6.08. The van der Waals surface area contributed by atoms with Crippen LogP contribution in [-0.2, 0) is 14.3 Å². The molecule has 0 spiro atoms. The number of halogens is 1. The summed E-state index contributed by atoms with van der Waals surface area (Å²) in [5, 5.41) is 11.4. The van der Waals surface area contributed by atoms with Gasteiger partial charge in [0.25, 0.3) is 11.7 Å². The molecule has 1 atom stereocenters. The minimum atomic E-state index is -0.760. The van der Waals surface area contributed by atoms with E-state index in [2.05, 4.69) is 4.98 Å². The lowest BCUT2D eigenvalue weighted by Crippen LogP contribution is -2.31. The third-order valence-electron chi connectivity index (χ3n) is 4.73. The van der Waals surface area contributed by atoms with Crippen molar-refractivity contribution in [2.45, 2.75) is 12.5 Å². The van der Waals surface area contributed by atoms with Crippen molar-refractivity contribution in [3.05, 3.63) is 64.4 Å². The number of aromatic nitrogens is 1. The Bertz CT molecular complexity index is 945. The fourth-order valence-corrected chi connectivity index (χ4v) is 3.56. The van der Waals surface area contributed by atoms with E-state index in [0.29, 0.717) is 35.9 Å². The molecule has 2 aromatic rings. The van der Waals surface area contributed by atoms with Gasteiger partial charge < -0.3 is 19.5 Å². The topological polar surface area (TPSA) is 89.0 Å². The number of carbonyl (C=O) groups excluding carboxylic acids is 2. The number of hydrogen-bond acceptors (Lipinski definition) is 6. The number of likely N-dealkylation sites (tertiary alicyclic amines) is 1. The summed E-state index contributed by atoms with van der Waals surface area (Å²) < 4.78 is 10.4. The number of ketones is 1. The molecule has 1 N–H and O–H groups in total. The number of nitrogens with zero attached hydrogens (tertiary/aromatic N) is 2. The molecule has 29 heavy (non-hydrogen) atoms. The minimum absolute atomic E-state index is 0.0146. The smallest absolute Gasteiger partial charge is 0.295 e. The van der Waals surface area contributed by atoms with Crippen molar-refractivity contribution in [1.82, 2.24) is 9.88 Å². The number of hydrogen-bond donors (Lipinski definition) is 1. The van der Waals surface area contributed by atoms with Crippen molar-refractivity contribution in [3.63, 3.8) is 0 Å². The fourth-order valence-electron chi connectivity index (χ4n) is 3.39. The number of rotatable bonds is 7. The van der Waals surface area contributed by atoms with Crippen molar-refractivity contribution in [2.75, 3.05) is 27.4 Å². The maximum Gasteiger partial charge on any atom is 0.295 e. The highest BCUT2D eigenvalue weighted by Crippen LogP contribution is 2.41. The van der Waals surface area contributed by atoms with Gasteiger partial charge in [0.05, 0.1) is 24.3 Å². The van der Waals surface area contributed by atoms with E-state index >= 15 is 0 Å². The Morgan fingerprint density at radius 3 is 2.59 bits per heavy atom. The Kier molecular flexibility index (Phi) is 6.51. The first-order valence-electron chi connectivity index (χ1n) is 9.00. The predicted octanol–water partition coefficient (Wildman–Crippen LogP) is 3.20. The fraction of sp³-hybridized carbons (Fsp3) is 0.286. The van der Waals surface area contributed by atoms with Crippen LogP contribution in [0.15, 0.2) is 48.3 Å². The first-order chi connectivity index (χ1) is 14.0. The third-order valence-corrected chi connectivity index (χ3v) is 4.96. The van der Waals surface area contributed by atoms with Gasteiger partial charge in [-0.1, -0.05) is 11.6 Å². The van der Waals surface area contributed by atoms with Gasteiger partial charge in [0, 0.05) is 37.7 Å². The molecule has 3 rings (SSSR count). The van der Waals surface area contributed by atoms with Crippen molar-refractivity contribution in [1.29, 1.82) is 0 Å². The number of aliphatic hydroxyl groups is 1. The average Bonchev–Trinajstić information content (AvgIpc) is 2.99. The summed E-state index contributed by atoms with van der Waals surface area (Å²) in [4.78, 5) is 31.1. The Hall–Kier alpha value is -2.90. The molecule has 7 nitrogen and oxygen atoms in total. The maximum atomic E-state index is 12.9. The van der Waals surface area contributed by atoms with Gasteiger partial charge in [0.15, 0.2) is 0 Å². The molecule has 8 heteroatoms. The van der Waals surface area contributed by atoms with E-state index in [1.807, 2.05) is 0 Å². The lowest BCUT2D eigenvalue weighted by Gasteiger charge is -2.25. The van der Waals surface area contributed by atoms with Crippen LogP contribution in [0.4, 0.5) is 0 Å². The molecule has 1 aliphatic rings. The average molecular weight is 417 g/mol. The number of aliphatic hydroxyl groups excluding tert-OH is 1. The van der Waals surface area contributed by atoms with Crippen LogP contribution in [0.1, 0.15) is 23.6 Å². The first kappa shape index (κ1) is 20.8. The number of carbonyl (C=O) groups is 2. The molecule has 0 bridgehead atoms. The van der Waals surface area contributed by atoms with Gasteiger partial charge in [-0.25, -0.2) is 0 Å². The highest BCUT2D eigenvalue weighted by molar-refractivity contribution is 6.46. The standard InChI is InChI=1S/C21H21ClN2O5/c1-28-11-3-10-24-18(13-6-8-23-9-7-13)17(20(26)21(24)27)19(25)15-12-14(22)4-5-16(15)29-2/h4-9,12,18,25H,3,10-11H2,1-2H3/b19-17+. The van der Waals surface area contributed by atoms with Crippen molar-refractivity contribution < 1.29 is 24.2 Å². The molecule has 1 aromatic heterocycles. The van der Waals surface area contributed by atoms with E-state index in [0.717, 1.165) is 0 Å². The number of methoxy groups -OCH3 is 2. The molecular formula is C21H21ClN2O5. The number of Topliss-reactive ketones (excluding diaryl/α,β-unsaturated/α-hetero) is 1. The van der Waals surface area contributed by atoms with Gasteiger partial charge in [-0.15, -0.1) is 0 Å². The van der Waals surface area contributed by atoms with Crippen LogP contribution in [0.5, 0.6) is 5.75 Å². The summed E-state index contributed by atoms with van der Waals surface area (Å²) in [7, 11) is 3.02. The van der Waals surface area contributed by atoms with Crippen LogP contribution in [0.2, 0.25) is 5.02 Å². The SMILES string of the molecule is COCCCN1C(=O)C(=O)/C(=C(/O)c2cc(Cl)ccc2OC)C1c1ccncc1. The summed E-state index contributed by atoms with van der Waals surface area (Å²) in [6.45, 7) is 0.739. The van der Waals surface area contributed by atoms with Crippen molar-refractivity contribution in [3.8, 4) is 5.75 Å². The summed E-state index contributed by atoms with van der Waals surface area (Å²) in [6, 6.07) is 7.37. The Morgan fingerprint density at radius 1 is 1.21 bits per heavy atom. The van der Waals surface area contributed by atoms with Gasteiger partial charge in [0.1, 0.15) is 11.5 Å².